The molecule has 98 valence electrons. The molecule has 1 aliphatic heterocycles. The van der Waals surface area contributed by atoms with E-state index in [0.29, 0.717) is 25.1 Å². The van der Waals surface area contributed by atoms with Crippen LogP contribution >= 0.6 is 0 Å². The first-order chi connectivity index (χ1) is 8.49. The van der Waals surface area contributed by atoms with E-state index in [9.17, 15) is 13.6 Å². The maximum atomic E-state index is 13.6. The first-order valence-corrected chi connectivity index (χ1v) is 5.91. The molecule has 2 rings (SSSR count). The fourth-order valence-electron chi connectivity index (χ4n) is 2.38. The first kappa shape index (κ1) is 13.0. The van der Waals surface area contributed by atoms with Crippen molar-refractivity contribution in [2.24, 2.45) is 5.92 Å². The molecule has 0 bridgehead atoms. The predicted octanol–water partition coefficient (Wildman–Crippen LogP) is 2.43. The zero-order valence-corrected chi connectivity index (χ0v) is 10.1. The molecule has 1 heterocycles. The minimum Gasteiger partial charge on any atom is -0.481 e. The van der Waals surface area contributed by atoms with Crippen molar-refractivity contribution in [2.75, 3.05) is 13.1 Å². The van der Waals surface area contributed by atoms with Crippen LogP contribution in [-0.2, 0) is 4.79 Å². The summed E-state index contributed by atoms with van der Waals surface area (Å²) in [6.07, 6.45) is 0.572. The number of carboxylic acid groups (broad SMARTS) is 1. The van der Waals surface area contributed by atoms with Crippen molar-refractivity contribution in [3.8, 4) is 0 Å². The zero-order chi connectivity index (χ0) is 13.3. The summed E-state index contributed by atoms with van der Waals surface area (Å²) in [5.74, 6) is -2.39. The maximum absolute atomic E-state index is 13.6. The second-order valence-corrected chi connectivity index (χ2v) is 4.66. The summed E-state index contributed by atoms with van der Waals surface area (Å²) in [5.41, 5.74) is 0.405. The van der Waals surface area contributed by atoms with E-state index in [1.165, 1.54) is 12.1 Å². The summed E-state index contributed by atoms with van der Waals surface area (Å²) in [6, 6.07) is 3.26. The van der Waals surface area contributed by atoms with Gasteiger partial charge in [0.25, 0.3) is 0 Å². The van der Waals surface area contributed by atoms with Crippen LogP contribution in [0.2, 0.25) is 0 Å². The Morgan fingerprint density at radius 1 is 1.50 bits per heavy atom. The van der Waals surface area contributed by atoms with Crippen molar-refractivity contribution in [2.45, 2.75) is 19.4 Å². The molecule has 2 unspecified atom stereocenters. The Kier molecular flexibility index (Phi) is 3.61. The van der Waals surface area contributed by atoms with Crippen LogP contribution < -0.4 is 0 Å². The van der Waals surface area contributed by atoms with Gasteiger partial charge in [0, 0.05) is 24.2 Å². The van der Waals surface area contributed by atoms with Gasteiger partial charge in [-0.25, -0.2) is 8.78 Å². The van der Waals surface area contributed by atoms with E-state index >= 15 is 0 Å². The van der Waals surface area contributed by atoms with Crippen LogP contribution in [0.15, 0.2) is 18.2 Å². The molecule has 1 aromatic rings. The smallest absolute Gasteiger partial charge is 0.307 e. The van der Waals surface area contributed by atoms with Gasteiger partial charge < -0.3 is 5.11 Å². The van der Waals surface area contributed by atoms with E-state index in [1.54, 1.807) is 6.92 Å². The molecular formula is C13H15F2NO2. The molecule has 0 saturated carbocycles. The number of rotatable bonds is 3. The predicted molar refractivity (Wildman–Crippen MR) is 62.1 cm³/mol. The molecule has 0 aliphatic carbocycles. The van der Waals surface area contributed by atoms with Crippen molar-refractivity contribution >= 4 is 5.97 Å². The number of benzene rings is 1. The summed E-state index contributed by atoms with van der Waals surface area (Å²) in [6.45, 7) is 2.84. The van der Waals surface area contributed by atoms with Gasteiger partial charge in [-0.2, -0.15) is 0 Å². The number of hydrogen-bond donors (Lipinski definition) is 1. The third kappa shape index (κ3) is 2.51. The Morgan fingerprint density at radius 3 is 2.78 bits per heavy atom. The Morgan fingerprint density at radius 2 is 2.22 bits per heavy atom. The number of carbonyl (C=O) groups is 1. The van der Waals surface area contributed by atoms with Crippen molar-refractivity contribution in [3.63, 3.8) is 0 Å². The number of nitrogens with zero attached hydrogens (tertiary/aromatic N) is 1. The lowest BCUT2D eigenvalue weighted by atomic mass is 10.1. The van der Waals surface area contributed by atoms with Crippen molar-refractivity contribution in [3.05, 3.63) is 35.4 Å². The average Bonchev–Trinajstić information content (AvgIpc) is 2.77. The normalized spacial score (nSPS) is 22.1. The minimum atomic E-state index is -0.815. The fraction of sp³-hybridized carbons (Fsp3) is 0.462. The third-order valence-electron chi connectivity index (χ3n) is 3.53. The monoisotopic (exact) mass is 255 g/mol. The zero-order valence-electron chi connectivity index (χ0n) is 10.1. The summed E-state index contributed by atoms with van der Waals surface area (Å²) in [4.78, 5) is 12.8. The van der Waals surface area contributed by atoms with Gasteiger partial charge in [-0.05, 0) is 26.0 Å². The lowest BCUT2D eigenvalue weighted by Gasteiger charge is -2.24. The van der Waals surface area contributed by atoms with Crippen LogP contribution in [0.3, 0.4) is 0 Å². The standard InChI is InChI=1S/C13H15F2NO2/c1-8(11-3-2-10(14)6-12(11)15)16-5-4-9(7-16)13(17)18/h2-3,6,8-9H,4-5,7H2,1H3,(H,17,18). The molecule has 1 aromatic carbocycles. The number of carboxylic acids is 1. The van der Waals surface area contributed by atoms with Crippen LogP contribution in [0.5, 0.6) is 0 Å². The largest absolute Gasteiger partial charge is 0.481 e. The first-order valence-electron chi connectivity index (χ1n) is 5.91. The Hall–Kier alpha value is -1.49. The van der Waals surface area contributed by atoms with Gasteiger partial charge in [-0.1, -0.05) is 6.07 Å². The van der Waals surface area contributed by atoms with Gasteiger partial charge >= 0.3 is 5.97 Å². The lowest BCUT2D eigenvalue weighted by molar-refractivity contribution is -0.141. The molecule has 5 heteroatoms. The molecule has 1 saturated heterocycles. The van der Waals surface area contributed by atoms with Crippen LogP contribution in [0.4, 0.5) is 8.78 Å². The maximum Gasteiger partial charge on any atom is 0.307 e. The quantitative estimate of drug-likeness (QED) is 0.901. The lowest BCUT2D eigenvalue weighted by Crippen LogP contribution is -2.26. The fourth-order valence-corrected chi connectivity index (χ4v) is 2.38. The summed E-state index contributed by atoms with van der Waals surface area (Å²) in [5, 5.41) is 8.92. The highest BCUT2D eigenvalue weighted by Crippen LogP contribution is 2.29. The number of halogens is 2. The highest BCUT2D eigenvalue weighted by atomic mass is 19.1. The molecule has 1 N–H and O–H groups in total. The van der Waals surface area contributed by atoms with Gasteiger partial charge in [-0.3, -0.25) is 9.69 Å². The molecule has 0 amide bonds. The van der Waals surface area contributed by atoms with Crippen LogP contribution in [-0.4, -0.2) is 29.1 Å². The third-order valence-corrected chi connectivity index (χ3v) is 3.53. The van der Waals surface area contributed by atoms with E-state index < -0.39 is 23.5 Å². The van der Waals surface area contributed by atoms with Gasteiger partial charge in [0.1, 0.15) is 11.6 Å². The summed E-state index contributed by atoms with van der Waals surface area (Å²) < 4.78 is 26.5. The van der Waals surface area contributed by atoms with Crippen molar-refractivity contribution in [1.82, 2.24) is 4.90 Å². The average molecular weight is 255 g/mol. The van der Waals surface area contributed by atoms with Crippen LogP contribution in [0.1, 0.15) is 24.9 Å². The van der Waals surface area contributed by atoms with E-state index in [0.717, 1.165) is 6.07 Å². The molecule has 0 radical (unpaired) electrons. The van der Waals surface area contributed by atoms with Gasteiger partial charge in [0.15, 0.2) is 0 Å². The highest BCUT2D eigenvalue weighted by Gasteiger charge is 2.31. The number of aliphatic carboxylic acids is 1. The van der Waals surface area contributed by atoms with E-state index in [4.69, 9.17) is 5.11 Å². The van der Waals surface area contributed by atoms with Crippen LogP contribution in [0.25, 0.3) is 0 Å². The van der Waals surface area contributed by atoms with Gasteiger partial charge in [-0.15, -0.1) is 0 Å². The highest BCUT2D eigenvalue weighted by molar-refractivity contribution is 5.70. The molecule has 2 atom stereocenters. The topological polar surface area (TPSA) is 40.5 Å². The number of likely N-dealkylation sites (tertiary alicyclic amines) is 1. The van der Waals surface area contributed by atoms with E-state index in [-0.39, 0.29) is 6.04 Å². The Balaban J connectivity index is 2.12. The molecule has 1 aliphatic rings. The summed E-state index contributed by atoms with van der Waals surface area (Å²) in [7, 11) is 0. The molecule has 1 fully saturated rings. The molecule has 0 aromatic heterocycles. The van der Waals surface area contributed by atoms with Gasteiger partial charge in [0.05, 0.1) is 5.92 Å². The van der Waals surface area contributed by atoms with Crippen LogP contribution in [0, 0.1) is 17.6 Å². The molecule has 3 nitrogen and oxygen atoms in total. The summed E-state index contributed by atoms with van der Waals surface area (Å²) >= 11 is 0. The molecular weight excluding hydrogens is 240 g/mol. The second-order valence-electron chi connectivity index (χ2n) is 4.66. The van der Waals surface area contributed by atoms with E-state index in [2.05, 4.69) is 0 Å². The second kappa shape index (κ2) is 5.02. The van der Waals surface area contributed by atoms with E-state index in [1.807, 2.05) is 4.90 Å². The van der Waals surface area contributed by atoms with Crippen molar-refractivity contribution in [1.29, 1.82) is 0 Å². The van der Waals surface area contributed by atoms with Gasteiger partial charge in [0.2, 0.25) is 0 Å². The molecule has 18 heavy (non-hydrogen) atoms. The molecule has 0 spiro atoms. The van der Waals surface area contributed by atoms with Crippen molar-refractivity contribution < 1.29 is 18.7 Å². The Bertz CT molecular complexity index is 464. The minimum absolute atomic E-state index is 0.241. The SMILES string of the molecule is CC(c1ccc(F)cc1F)N1CCC(C(=O)O)C1. The Labute approximate surface area is 104 Å². The number of hydrogen-bond acceptors (Lipinski definition) is 2.